The SMILES string of the molecule is CCOc1ccccc1-c1nc(CC(=O)OCC(=O)Nc2ccc(C)c(F)c2)cs1. The van der Waals surface area contributed by atoms with Gasteiger partial charge in [-0.25, -0.2) is 9.37 Å². The molecule has 0 aliphatic rings. The summed E-state index contributed by atoms with van der Waals surface area (Å²) in [5.74, 6) is -0.811. The van der Waals surface area contributed by atoms with Crippen molar-refractivity contribution >= 4 is 28.9 Å². The third kappa shape index (κ3) is 5.64. The number of hydrogen-bond donors (Lipinski definition) is 1. The van der Waals surface area contributed by atoms with E-state index in [4.69, 9.17) is 9.47 Å². The number of hydrogen-bond acceptors (Lipinski definition) is 6. The van der Waals surface area contributed by atoms with Crippen molar-refractivity contribution < 1.29 is 23.5 Å². The Bertz CT molecular complexity index is 1050. The molecule has 3 rings (SSSR count). The number of rotatable bonds is 8. The van der Waals surface area contributed by atoms with Crippen molar-refractivity contribution in [2.75, 3.05) is 18.5 Å². The molecule has 0 atom stereocenters. The lowest BCUT2D eigenvalue weighted by molar-refractivity contribution is -0.146. The van der Waals surface area contributed by atoms with Gasteiger partial charge in [0.2, 0.25) is 0 Å². The molecule has 3 aromatic rings. The van der Waals surface area contributed by atoms with Crippen molar-refractivity contribution in [3.63, 3.8) is 0 Å². The highest BCUT2D eigenvalue weighted by atomic mass is 32.1. The molecule has 1 heterocycles. The fraction of sp³-hybridized carbons (Fsp3) is 0.227. The van der Waals surface area contributed by atoms with Gasteiger partial charge in [0, 0.05) is 11.1 Å². The number of ether oxygens (including phenoxy) is 2. The second-order valence-corrected chi connectivity index (χ2v) is 7.28. The van der Waals surface area contributed by atoms with Crippen LogP contribution in [0.2, 0.25) is 0 Å². The highest BCUT2D eigenvalue weighted by Gasteiger charge is 2.14. The average Bonchev–Trinajstić information content (AvgIpc) is 3.18. The third-order valence-electron chi connectivity index (χ3n) is 4.11. The molecule has 2 aromatic carbocycles. The Morgan fingerprint density at radius 1 is 1.20 bits per heavy atom. The Morgan fingerprint density at radius 2 is 2.00 bits per heavy atom. The van der Waals surface area contributed by atoms with Crippen molar-refractivity contribution in [2.24, 2.45) is 0 Å². The standard InChI is InChI=1S/C22H21FN2O4S/c1-3-28-19-7-5-4-6-17(19)22-25-16(13-30-22)11-21(27)29-12-20(26)24-15-9-8-14(2)18(23)10-15/h4-10,13H,3,11-12H2,1-2H3,(H,24,26). The normalized spacial score (nSPS) is 10.5. The Hall–Kier alpha value is -3.26. The molecule has 8 heteroatoms. The zero-order valence-electron chi connectivity index (χ0n) is 16.6. The quantitative estimate of drug-likeness (QED) is 0.539. The Labute approximate surface area is 177 Å². The van der Waals surface area contributed by atoms with E-state index in [0.717, 1.165) is 16.3 Å². The van der Waals surface area contributed by atoms with E-state index in [0.29, 0.717) is 23.6 Å². The molecule has 0 spiro atoms. The fourth-order valence-corrected chi connectivity index (χ4v) is 3.50. The second-order valence-electron chi connectivity index (χ2n) is 6.42. The van der Waals surface area contributed by atoms with Gasteiger partial charge in [0.15, 0.2) is 6.61 Å². The average molecular weight is 428 g/mol. The van der Waals surface area contributed by atoms with Crippen LogP contribution in [0.4, 0.5) is 10.1 Å². The molecule has 1 aromatic heterocycles. The first-order valence-electron chi connectivity index (χ1n) is 9.34. The molecule has 1 N–H and O–H groups in total. The van der Waals surface area contributed by atoms with Crippen LogP contribution in [0.1, 0.15) is 18.2 Å². The minimum absolute atomic E-state index is 0.0558. The summed E-state index contributed by atoms with van der Waals surface area (Å²) in [6.45, 7) is 3.62. The number of esters is 1. The lowest BCUT2D eigenvalue weighted by Gasteiger charge is -2.07. The molecule has 156 valence electrons. The molecule has 6 nitrogen and oxygen atoms in total. The maximum absolute atomic E-state index is 13.5. The molecule has 0 saturated heterocycles. The van der Waals surface area contributed by atoms with Crippen molar-refractivity contribution in [3.8, 4) is 16.3 Å². The maximum Gasteiger partial charge on any atom is 0.312 e. The first-order valence-corrected chi connectivity index (χ1v) is 10.2. The number of nitrogens with one attached hydrogen (secondary N) is 1. The molecule has 0 aliphatic heterocycles. The van der Waals surface area contributed by atoms with Gasteiger partial charge < -0.3 is 14.8 Å². The summed E-state index contributed by atoms with van der Waals surface area (Å²) in [7, 11) is 0. The van der Waals surface area contributed by atoms with Crippen LogP contribution in [0.3, 0.4) is 0 Å². The maximum atomic E-state index is 13.5. The molecular formula is C22H21FN2O4S. The van der Waals surface area contributed by atoms with Gasteiger partial charge in [-0.3, -0.25) is 9.59 Å². The van der Waals surface area contributed by atoms with E-state index in [9.17, 15) is 14.0 Å². The van der Waals surface area contributed by atoms with Gasteiger partial charge in [0.05, 0.1) is 24.3 Å². The van der Waals surface area contributed by atoms with E-state index in [2.05, 4.69) is 10.3 Å². The molecule has 0 aliphatic carbocycles. The number of amides is 1. The number of carbonyl (C=O) groups is 2. The highest BCUT2D eigenvalue weighted by molar-refractivity contribution is 7.13. The van der Waals surface area contributed by atoms with Gasteiger partial charge in [-0.15, -0.1) is 11.3 Å². The molecule has 1 amide bonds. The predicted octanol–water partition coefficient (Wildman–Crippen LogP) is 4.38. The number of aryl methyl sites for hydroxylation is 1. The number of benzene rings is 2. The third-order valence-corrected chi connectivity index (χ3v) is 5.04. The number of carbonyl (C=O) groups excluding carboxylic acids is 2. The lowest BCUT2D eigenvalue weighted by Crippen LogP contribution is -2.21. The zero-order chi connectivity index (χ0) is 21.5. The van der Waals surface area contributed by atoms with Crippen molar-refractivity contribution in [1.29, 1.82) is 0 Å². The van der Waals surface area contributed by atoms with Gasteiger partial charge in [-0.05, 0) is 43.7 Å². The minimum Gasteiger partial charge on any atom is -0.493 e. The predicted molar refractivity (Wildman–Crippen MR) is 113 cm³/mol. The van der Waals surface area contributed by atoms with E-state index in [1.807, 2.05) is 31.2 Å². The molecule has 0 radical (unpaired) electrons. The number of halogens is 1. The molecule has 0 fully saturated rings. The van der Waals surface area contributed by atoms with Crippen molar-refractivity contribution in [3.05, 3.63) is 64.9 Å². The van der Waals surface area contributed by atoms with Gasteiger partial charge in [0.25, 0.3) is 5.91 Å². The largest absolute Gasteiger partial charge is 0.493 e. The van der Waals surface area contributed by atoms with Crippen LogP contribution < -0.4 is 10.1 Å². The molecule has 0 bridgehead atoms. The second kappa shape index (κ2) is 9.98. The summed E-state index contributed by atoms with van der Waals surface area (Å²) >= 11 is 1.40. The molecule has 0 saturated carbocycles. The number of aromatic nitrogens is 1. The van der Waals surface area contributed by atoms with E-state index in [1.54, 1.807) is 24.4 Å². The summed E-state index contributed by atoms with van der Waals surface area (Å²) in [5.41, 5.74) is 2.18. The first kappa shape index (κ1) is 21.4. The Balaban J connectivity index is 1.53. The van der Waals surface area contributed by atoms with Crippen LogP contribution in [0.15, 0.2) is 47.8 Å². The zero-order valence-corrected chi connectivity index (χ0v) is 17.4. The fourth-order valence-electron chi connectivity index (χ4n) is 2.65. The van der Waals surface area contributed by atoms with Crippen LogP contribution in [0, 0.1) is 12.7 Å². The Morgan fingerprint density at radius 3 is 2.77 bits per heavy atom. The monoisotopic (exact) mass is 428 g/mol. The van der Waals surface area contributed by atoms with Crippen LogP contribution in [-0.4, -0.2) is 30.1 Å². The van der Waals surface area contributed by atoms with E-state index in [-0.39, 0.29) is 6.42 Å². The summed E-state index contributed by atoms with van der Waals surface area (Å²) in [6.07, 6.45) is -0.0558. The topological polar surface area (TPSA) is 77.5 Å². The van der Waals surface area contributed by atoms with Gasteiger partial charge in [-0.1, -0.05) is 18.2 Å². The van der Waals surface area contributed by atoms with Crippen molar-refractivity contribution in [1.82, 2.24) is 4.98 Å². The van der Waals surface area contributed by atoms with E-state index in [1.165, 1.54) is 17.4 Å². The summed E-state index contributed by atoms with van der Waals surface area (Å²) < 4.78 is 24.2. The summed E-state index contributed by atoms with van der Waals surface area (Å²) in [6, 6.07) is 11.9. The first-order chi connectivity index (χ1) is 14.5. The minimum atomic E-state index is -0.574. The van der Waals surface area contributed by atoms with Gasteiger partial charge >= 0.3 is 5.97 Å². The summed E-state index contributed by atoms with van der Waals surface area (Å²) in [5, 5.41) is 5.00. The van der Waals surface area contributed by atoms with Crippen LogP contribution >= 0.6 is 11.3 Å². The Kier molecular flexibility index (Phi) is 7.13. The highest BCUT2D eigenvalue weighted by Crippen LogP contribution is 2.32. The van der Waals surface area contributed by atoms with E-state index < -0.39 is 24.3 Å². The van der Waals surface area contributed by atoms with Crippen LogP contribution in [-0.2, 0) is 20.7 Å². The van der Waals surface area contributed by atoms with Crippen LogP contribution in [0.25, 0.3) is 10.6 Å². The molecular weight excluding hydrogens is 407 g/mol. The number of nitrogens with zero attached hydrogens (tertiary/aromatic N) is 1. The summed E-state index contributed by atoms with van der Waals surface area (Å²) in [4.78, 5) is 28.4. The van der Waals surface area contributed by atoms with Gasteiger partial charge in [-0.2, -0.15) is 0 Å². The molecule has 0 unspecified atom stereocenters. The van der Waals surface area contributed by atoms with Crippen molar-refractivity contribution in [2.45, 2.75) is 20.3 Å². The van der Waals surface area contributed by atoms with E-state index >= 15 is 0 Å². The number of thiazole rings is 1. The number of para-hydroxylation sites is 1. The molecule has 30 heavy (non-hydrogen) atoms. The van der Waals surface area contributed by atoms with Crippen LogP contribution in [0.5, 0.6) is 5.75 Å². The number of anilines is 1. The lowest BCUT2D eigenvalue weighted by atomic mass is 10.2. The van der Waals surface area contributed by atoms with Gasteiger partial charge in [0.1, 0.15) is 16.6 Å². The smallest absolute Gasteiger partial charge is 0.312 e.